The van der Waals surface area contributed by atoms with Crippen LogP contribution in [0.3, 0.4) is 0 Å². The number of hydrogen-bond acceptors (Lipinski definition) is 6. The minimum absolute atomic E-state index is 0.414. The predicted octanol–water partition coefficient (Wildman–Crippen LogP) is -1.78. The Morgan fingerprint density at radius 1 is 1.44 bits per heavy atom. The van der Waals surface area contributed by atoms with Crippen LogP contribution in [0.5, 0.6) is 0 Å². The second kappa shape index (κ2) is 7.62. The number of rotatable bonds is 8. The number of aliphatic hydroxyl groups is 1. The van der Waals surface area contributed by atoms with Gasteiger partial charge in [-0.05, 0) is 13.8 Å². The molecule has 0 rings (SSSR count). The molecule has 8 nitrogen and oxygen atoms in total. The van der Waals surface area contributed by atoms with Crippen molar-refractivity contribution in [1.82, 2.24) is 5.32 Å². The highest BCUT2D eigenvalue weighted by atomic mass is 16.5. The highest BCUT2D eigenvalue weighted by Crippen LogP contribution is 1.96. The summed E-state index contributed by atoms with van der Waals surface area (Å²) in [5, 5.41) is 19.7. The third kappa shape index (κ3) is 6.16. The predicted molar refractivity (Wildman–Crippen MR) is 60.5 cm³/mol. The third-order valence-corrected chi connectivity index (χ3v) is 1.83. The molecule has 0 aromatic rings. The number of aliphatic hydroxyl groups excluding tert-OH is 1. The fourth-order valence-corrected chi connectivity index (χ4v) is 1.03. The number of nitrogens with one attached hydrogen (secondary N) is 1. The third-order valence-electron chi connectivity index (χ3n) is 1.83. The molecule has 0 saturated carbocycles. The van der Waals surface area contributed by atoms with Gasteiger partial charge in [-0.25, -0.2) is 4.79 Å². The van der Waals surface area contributed by atoms with Crippen LogP contribution in [-0.4, -0.2) is 52.9 Å². The number of ether oxygens (including phenoxy) is 1. The Balaban J connectivity index is 4.55. The van der Waals surface area contributed by atoms with Crippen molar-refractivity contribution in [2.75, 3.05) is 6.61 Å². The van der Waals surface area contributed by atoms with Crippen LogP contribution >= 0.6 is 0 Å². The topological polar surface area (TPSA) is 139 Å². The first-order chi connectivity index (χ1) is 8.81. The summed E-state index contributed by atoms with van der Waals surface area (Å²) in [6.45, 7) is 2.52. The van der Waals surface area contributed by atoms with Crippen LogP contribution in [-0.2, 0) is 19.1 Å². The van der Waals surface area contributed by atoms with E-state index >= 15 is 0 Å². The molecular weight excluding hydrogens is 244 g/mol. The molecule has 0 aliphatic heterocycles. The standard InChI is InChI=1S/C10H18N2O6/c1-5(2)18-10(17)7(4-13)12-9(16)6(11)3-8(14)15/h5-7,13H,3-4,11H2,1-2H3,(H,12,16)(H,14,15)/t6-,7-/m0/s1/i/hD. The Hall–Kier alpha value is -1.67. The van der Waals surface area contributed by atoms with Crippen molar-refractivity contribution >= 4 is 17.8 Å². The van der Waals surface area contributed by atoms with Crippen LogP contribution in [0.1, 0.15) is 20.3 Å². The first-order valence-electron chi connectivity index (χ1n) is 5.82. The van der Waals surface area contributed by atoms with Crippen molar-refractivity contribution in [3.8, 4) is 0 Å². The summed E-state index contributed by atoms with van der Waals surface area (Å²) in [6, 6.07) is -2.61. The number of hydrogen-bond donors (Lipinski definition) is 4. The number of nitrogens with two attached hydrogens (primary N) is 1. The molecule has 8 heteroatoms. The molecule has 1 amide bonds. The van der Waals surface area contributed by atoms with Crippen molar-refractivity contribution in [2.45, 2.75) is 38.5 Å². The van der Waals surface area contributed by atoms with Crippen molar-refractivity contribution < 1.29 is 30.7 Å². The van der Waals surface area contributed by atoms with Gasteiger partial charge in [0.15, 0.2) is 6.04 Å². The van der Waals surface area contributed by atoms with Crippen LogP contribution in [0.2, 0.25) is 1.41 Å². The van der Waals surface area contributed by atoms with E-state index in [9.17, 15) is 14.4 Å². The molecule has 0 radical (unpaired) electrons. The van der Waals surface area contributed by atoms with Crippen molar-refractivity contribution in [3.05, 3.63) is 0 Å². The molecule has 0 aromatic heterocycles. The zero-order valence-electron chi connectivity index (χ0n) is 11.2. The summed E-state index contributed by atoms with van der Waals surface area (Å²) in [4.78, 5) is 33.5. The average molecular weight is 263 g/mol. The molecule has 104 valence electrons. The molecular formula is C10H18N2O6. The SMILES string of the molecule is [2H]N[C@@H](CC(=O)O)C(=O)N[C@@H](CO)C(=O)OC(C)C. The molecule has 0 aliphatic rings. The fourth-order valence-electron chi connectivity index (χ4n) is 1.03. The van der Waals surface area contributed by atoms with Gasteiger partial charge in [-0.3, -0.25) is 9.59 Å². The summed E-state index contributed by atoms with van der Waals surface area (Å²) in [6.07, 6.45) is -1.03. The fraction of sp³-hybridized carbons (Fsp3) is 0.700. The lowest BCUT2D eigenvalue weighted by Crippen LogP contribution is -2.51. The van der Waals surface area contributed by atoms with Crippen LogP contribution < -0.4 is 11.0 Å². The van der Waals surface area contributed by atoms with Gasteiger partial charge < -0.3 is 26.0 Å². The summed E-state index contributed by atoms with van der Waals surface area (Å²) in [7, 11) is 0. The molecule has 0 saturated heterocycles. The van der Waals surface area contributed by atoms with E-state index in [0.29, 0.717) is 0 Å². The number of carboxylic acids is 1. The van der Waals surface area contributed by atoms with Crippen molar-refractivity contribution in [3.63, 3.8) is 0 Å². The highest BCUT2D eigenvalue weighted by molar-refractivity contribution is 5.89. The molecule has 0 aromatic carbocycles. The number of amides is 1. The average Bonchev–Trinajstić information content (AvgIpc) is 2.31. The molecule has 2 atom stereocenters. The molecule has 0 aliphatic carbocycles. The quantitative estimate of drug-likeness (QED) is 0.379. The Kier molecular flexibility index (Phi) is 6.09. The van der Waals surface area contributed by atoms with Gasteiger partial charge in [-0.1, -0.05) is 0 Å². The van der Waals surface area contributed by atoms with Gasteiger partial charge in [-0.2, -0.15) is 0 Å². The number of esters is 1. The van der Waals surface area contributed by atoms with Gasteiger partial charge in [0.1, 0.15) is 1.41 Å². The molecule has 0 unspecified atom stereocenters. The Labute approximate surface area is 106 Å². The summed E-state index contributed by atoms with van der Waals surface area (Å²) < 4.78 is 11.7. The van der Waals surface area contributed by atoms with E-state index in [4.69, 9.17) is 16.4 Å². The molecule has 5 N–H and O–H groups in total. The molecule has 0 bridgehead atoms. The van der Waals surface area contributed by atoms with Crippen molar-refractivity contribution in [1.29, 1.82) is 0 Å². The van der Waals surface area contributed by atoms with E-state index in [-0.39, 0.29) is 0 Å². The number of carbonyl (C=O) groups is 3. The molecule has 0 heterocycles. The van der Waals surface area contributed by atoms with Gasteiger partial charge in [0.05, 0.1) is 25.2 Å². The van der Waals surface area contributed by atoms with Gasteiger partial charge >= 0.3 is 11.9 Å². The van der Waals surface area contributed by atoms with Gasteiger partial charge in [0.2, 0.25) is 5.91 Å². The summed E-state index contributed by atoms with van der Waals surface area (Å²) in [5.41, 5.74) is 1.77. The van der Waals surface area contributed by atoms with E-state index in [2.05, 4.69) is 5.32 Å². The minimum Gasteiger partial charge on any atom is -0.481 e. The Morgan fingerprint density at radius 3 is 2.44 bits per heavy atom. The van der Waals surface area contributed by atoms with Gasteiger partial charge in [0, 0.05) is 0 Å². The smallest absolute Gasteiger partial charge is 0.331 e. The maximum Gasteiger partial charge on any atom is 0.331 e. The van der Waals surface area contributed by atoms with Crippen LogP contribution in [0.25, 0.3) is 0 Å². The monoisotopic (exact) mass is 263 g/mol. The maximum absolute atomic E-state index is 11.6. The van der Waals surface area contributed by atoms with E-state index < -0.39 is 49.1 Å². The largest absolute Gasteiger partial charge is 0.481 e. The molecule has 18 heavy (non-hydrogen) atoms. The number of carbonyl (C=O) groups excluding carboxylic acids is 2. The van der Waals surface area contributed by atoms with E-state index in [1.807, 2.05) is 0 Å². The van der Waals surface area contributed by atoms with Crippen LogP contribution in [0.15, 0.2) is 0 Å². The first-order valence-corrected chi connectivity index (χ1v) is 5.32. The van der Waals surface area contributed by atoms with Gasteiger partial charge in [0.25, 0.3) is 0 Å². The zero-order valence-corrected chi connectivity index (χ0v) is 10.2. The summed E-state index contributed by atoms with van der Waals surface area (Å²) >= 11 is 0. The lowest BCUT2D eigenvalue weighted by Gasteiger charge is -2.18. The lowest BCUT2D eigenvalue weighted by atomic mass is 10.2. The zero-order chi connectivity index (χ0) is 15.0. The van der Waals surface area contributed by atoms with E-state index in [1.165, 1.54) is 0 Å². The van der Waals surface area contributed by atoms with Crippen LogP contribution in [0.4, 0.5) is 0 Å². The normalized spacial score (nSPS) is 14.6. The minimum atomic E-state index is -1.32. The number of carboxylic acid groups (broad SMARTS) is 1. The summed E-state index contributed by atoms with van der Waals surface area (Å²) in [5.74, 6) is -2.98. The molecule has 0 spiro atoms. The van der Waals surface area contributed by atoms with Gasteiger partial charge in [-0.15, -0.1) is 0 Å². The lowest BCUT2D eigenvalue weighted by molar-refractivity contribution is -0.152. The second-order valence-corrected chi connectivity index (χ2v) is 3.88. The Morgan fingerprint density at radius 2 is 2.06 bits per heavy atom. The second-order valence-electron chi connectivity index (χ2n) is 3.88. The van der Waals surface area contributed by atoms with E-state index in [0.717, 1.165) is 0 Å². The first kappa shape index (κ1) is 14.4. The maximum atomic E-state index is 11.6. The van der Waals surface area contributed by atoms with Crippen molar-refractivity contribution in [2.24, 2.45) is 5.73 Å². The highest BCUT2D eigenvalue weighted by Gasteiger charge is 2.25. The number of aliphatic carboxylic acids is 1. The van der Waals surface area contributed by atoms with Crippen LogP contribution in [0, 0.1) is 0 Å². The molecule has 0 fully saturated rings. The Bertz CT molecular complexity index is 336. The van der Waals surface area contributed by atoms with E-state index in [1.54, 1.807) is 19.6 Å².